The number of fused-ring (bicyclic) bond motifs is 1. The van der Waals surface area contributed by atoms with Crippen molar-refractivity contribution in [1.29, 1.82) is 0 Å². The van der Waals surface area contributed by atoms with Gasteiger partial charge in [0.2, 0.25) is 0 Å². The van der Waals surface area contributed by atoms with Crippen molar-refractivity contribution in [2.75, 3.05) is 19.7 Å². The average Bonchev–Trinajstić information content (AvgIpc) is 2.26. The Morgan fingerprint density at radius 1 is 1.35 bits per heavy atom. The number of ether oxygens (including phenoxy) is 2. The predicted molar refractivity (Wildman–Crippen MR) is 64.9 cm³/mol. The number of carbonyl (C=O) groups is 1. The Morgan fingerprint density at radius 2 is 2.12 bits per heavy atom. The number of rotatable bonds is 0. The minimum absolute atomic E-state index is 0.179. The van der Waals surface area contributed by atoms with Crippen LogP contribution in [-0.2, 0) is 9.47 Å². The van der Waals surface area contributed by atoms with E-state index in [1.54, 1.807) is 0 Å². The molecule has 17 heavy (non-hydrogen) atoms. The van der Waals surface area contributed by atoms with E-state index in [0.717, 1.165) is 32.5 Å². The minimum Gasteiger partial charge on any atom is -0.444 e. The standard InChI is InChI=1S/C13H23NO3/c1-13(2,3)17-12(15)14-7-6-11-10(9-14)5-4-8-16-11/h10-11H,4-9H2,1-3H3/t10-,11+/m1/s1. The van der Waals surface area contributed by atoms with E-state index in [2.05, 4.69) is 0 Å². The average molecular weight is 241 g/mol. The molecule has 0 N–H and O–H groups in total. The summed E-state index contributed by atoms with van der Waals surface area (Å²) in [6.45, 7) is 8.15. The molecule has 4 nitrogen and oxygen atoms in total. The molecule has 2 fully saturated rings. The topological polar surface area (TPSA) is 38.8 Å². The molecule has 4 heteroatoms. The lowest BCUT2D eigenvalue weighted by Gasteiger charge is -2.41. The molecule has 0 unspecified atom stereocenters. The highest BCUT2D eigenvalue weighted by molar-refractivity contribution is 5.68. The van der Waals surface area contributed by atoms with Crippen LogP contribution in [0, 0.1) is 5.92 Å². The number of piperidine rings is 1. The Labute approximate surface area is 103 Å². The van der Waals surface area contributed by atoms with Gasteiger partial charge in [-0.05, 0) is 40.0 Å². The molecule has 0 radical (unpaired) electrons. The van der Waals surface area contributed by atoms with Gasteiger partial charge in [0.1, 0.15) is 5.60 Å². The van der Waals surface area contributed by atoms with E-state index in [4.69, 9.17) is 9.47 Å². The van der Waals surface area contributed by atoms with Crippen LogP contribution < -0.4 is 0 Å². The quantitative estimate of drug-likeness (QED) is 0.654. The third-order valence-electron chi connectivity index (χ3n) is 3.37. The number of hydrogen-bond donors (Lipinski definition) is 0. The second-order valence-corrected chi connectivity index (χ2v) is 6.03. The Morgan fingerprint density at radius 3 is 2.82 bits per heavy atom. The van der Waals surface area contributed by atoms with Crippen LogP contribution in [0.3, 0.4) is 0 Å². The molecule has 2 rings (SSSR count). The van der Waals surface area contributed by atoms with Gasteiger partial charge in [-0.3, -0.25) is 0 Å². The zero-order chi connectivity index (χ0) is 12.5. The van der Waals surface area contributed by atoms with Gasteiger partial charge < -0.3 is 14.4 Å². The fraction of sp³-hybridized carbons (Fsp3) is 0.923. The molecular weight excluding hydrogens is 218 g/mol. The van der Waals surface area contributed by atoms with Crippen molar-refractivity contribution in [3.8, 4) is 0 Å². The molecule has 0 spiro atoms. The zero-order valence-corrected chi connectivity index (χ0v) is 11.1. The van der Waals surface area contributed by atoms with Crippen LogP contribution in [0.4, 0.5) is 4.79 Å². The zero-order valence-electron chi connectivity index (χ0n) is 11.1. The first kappa shape index (κ1) is 12.7. The van der Waals surface area contributed by atoms with Crippen LogP contribution >= 0.6 is 0 Å². The Kier molecular flexibility index (Phi) is 3.61. The van der Waals surface area contributed by atoms with Gasteiger partial charge in [0.05, 0.1) is 6.10 Å². The number of hydrogen-bond acceptors (Lipinski definition) is 3. The number of carbonyl (C=O) groups excluding carboxylic acids is 1. The second kappa shape index (κ2) is 4.84. The smallest absolute Gasteiger partial charge is 0.410 e. The highest BCUT2D eigenvalue weighted by Crippen LogP contribution is 2.28. The molecule has 98 valence electrons. The lowest BCUT2D eigenvalue weighted by Crippen LogP contribution is -2.49. The molecule has 2 atom stereocenters. The molecule has 2 aliphatic rings. The van der Waals surface area contributed by atoms with Crippen LogP contribution in [0.2, 0.25) is 0 Å². The largest absolute Gasteiger partial charge is 0.444 e. The molecule has 1 amide bonds. The summed E-state index contributed by atoms with van der Waals surface area (Å²) in [6.07, 6.45) is 3.42. The third kappa shape index (κ3) is 3.35. The van der Waals surface area contributed by atoms with Crippen LogP contribution in [-0.4, -0.2) is 42.4 Å². The van der Waals surface area contributed by atoms with Crippen LogP contribution in [0.1, 0.15) is 40.0 Å². The molecule has 0 aromatic rings. The van der Waals surface area contributed by atoms with Crippen LogP contribution in [0.5, 0.6) is 0 Å². The first-order chi connectivity index (χ1) is 7.96. The third-order valence-corrected chi connectivity index (χ3v) is 3.37. The maximum absolute atomic E-state index is 12.0. The number of likely N-dealkylation sites (tertiary alicyclic amines) is 1. The Balaban J connectivity index is 1.89. The minimum atomic E-state index is -0.406. The van der Waals surface area contributed by atoms with Crippen molar-refractivity contribution in [1.82, 2.24) is 4.90 Å². The van der Waals surface area contributed by atoms with E-state index in [1.165, 1.54) is 6.42 Å². The summed E-state index contributed by atoms with van der Waals surface area (Å²) in [4.78, 5) is 13.8. The Hall–Kier alpha value is -0.770. The molecule has 2 heterocycles. The monoisotopic (exact) mass is 241 g/mol. The van der Waals surface area contributed by atoms with E-state index in [9.17, 15) is 4.79 Å². The van der Waals surface area contributed by atoms with E-state index in [0.29, 0.717) is 12.0 Å². The first-order valence-corrected chi connectivity index (χ1v) is 6.55. The van der Waals surface area contributed by atoms with Crippen molar-refractivity contribution < 1.29 is 14.3 Å². The summed E-state index contributed by atoms with van der Waals surface area (Å²) in [6, 6.07) is 0. The van der Waals surface area contributed by atoms with Crippen molar-refractivity contribution in [2.45, 2.75) is 51.7 Å². The summed E-state index contributed by atoms with van der Waals surface area (Å²) >= 11 is 0. The van der Waals surface area contributed by atoms with Gasteiger partial charge in [-0.15, -0.1) is 0 Å². The lowest BCUT2D eigenvalue weighted by atomic mass is 9.89. The summed E-state index contributed by atoms with van der Waals surface area (Å²) < 4.78 is 11.1. The maximum Gasteiger partial charge on any atom is 0.410 e. The molecule has 0 aromatic heterocycles. The summed E-state index contributed by atoms with van der Waals surface area (Å²) in [5.74, 6) is 0.505. The SMILES string of the molecule is CC(C)(C)OC(=O)N1CC[C@@H]2OCCC[C@@H]2C1. The first-order valence-electron chi connectivity index (χ1n) is 6.55. The normalized spacial score (nSPS) is 29.7. The highest BCUT2D eigenvalue weighted by atomic mass is 16.6. The fourth-order valence-electron chi connectivity index (χ4n) is 2.58. The molecular formula is C13H23NO3. The van der Waals surface area contributed by atoms with Gasteiger partial charge in [-0.1, -0.05) is 0 Å². The molecule has 2 aliphatic heterocycles. The van der Waals surface area contributed by atoms with Gasteiger partial charge in [0.25, 0.3) is 0 Å². The van der Waals surface area contributed by atoms with Gasteiger partial charge in [0.15, 0.2) is 0 Å². The van der Waals surface area contributed by atoms with Gasteiger partial charge in [0, 0.05) is 25.6 Å². The molecule has 0 aliphatic carbocycles. The second-order valence-electron chi connectivity index (χ2n) is 6.03. The number of amides is 1. The van der Waals surface area contributed by atoms with E-state index in [1.807, 2.05) is 25.7 Å². The van der Waals surface area contributed by atoms with E-state index in [-0.39, 0.29) is 6.09 Å². The molecule has 2 saturated heterocycles. The summed E-state index contributed by atoms with van der Waals surface area (Å²) in [7, 11) is 0. The lowest BCUT2D eigenvalue weighted by molar-refractivity contribution is -0.0686. The molecule has 0 bridgehead atoms. The predicted octanol–water partition coefficient (Wildman–Crippen LogP) is 2.42. The van der Waals surface area contributed by atoms with Gasteiger partial charge in [-0.2, -0.15) is 0 Å². The molecule has 0 aromatic carbocycles. The maximum atomic E-state index is 12.0. The fourth-order valence-corrected chi connectivity index (χ4v) is 2.58. The van der Waals surface area contributed by atoms with Gasteiger partial charge >= 0.3 is 6.09 Å². The summed E-state index contributed by atoms with van der Waals surface area (Å²) in [5.41, 5.74) is -0.406. The summed E-state index contributed by atoms with van der Waals surface area (Å²) in [5, 5.41) is 0. The van der Waals surface area contributed by atoms with Crippen LogP contribution in [0.15, 0.2) is 0 Å². The van der Waals surface area contributed by atoms with Crippen molar-refractivity contribution in [3.05, 3.63) is 0 Å². The van der Waals surface area contributed by atoms with Crippen molar-refractivity contribution >= 4 is 6.09 Å². The van der Waals surface area contributed by atoms with E-state index < -0.39 is 5.60 Å². The van der Waals surface area contributed by atoms with Crippen molar-refractivity contribution in [3.63, 3.8) is 0 Å². The Bertz CT molecular complexity index is 285. The van der Waals surface area contributed by atoms with Gasteiger partial charge in [-0.25, -0.2) is 4.79 Å². The van der Waals surface area contributed by atoms with Crippen LogP contribution in [0.25, 0.3) is 0 Å². The van der Waals surface area contributed by atoms with E-state index >= 15 is 0 Å². The highest BCUT2D eigenvalue weighted by Gasteiger charge is 2.35. The number of nitrogens with zero attached hydrogens (tertiary/aromatic N) is 1. The molecule has 0 saturated carbocycles. The van der Waals surface area contributed by atoms with Crippen molar-refractivity contribution in [2.24, 2.45) is 5.92 Å².